The van der Waals surface area contributed by atoms with Gasteiger partial charge in [0.25, 0.3) is 0 Å². The fourth-order valence-corrected chi connectivity index (χ4v) is 1.02. The van der Waals surface area contributed by atoms with Crippen LogP contribution in [0.1, 0.15) is 53.5 Å². The van der Waals surface area contributed by atoms with Gasteiger partial charge < -0.3 is 0 Å². The molecule has 0 bridgehead atoms. The van der Waals surface area contributed by atoms with Crippen molar-refractivity contribution in [3.63, 3.8) is 0 Å². The van der Waals surface area contributed by atoms with Gasteiger partial charge in [-0.15, -0.1) is 0 Å². The minimum atomic E-state index is -3.58. The average molecular weight is 240 g/mol. The first-order chi connectivity index (χ1) is 10.4. The lowest BCUT2D eigenvalue weighted by molar-refractivity contribution is 0.723. The zero-order valence-electron chi connectivity index (χ0n) is 18.0. The van der Waals surface area contributed by atoms with Crippen molar-refractivity contribution in [2.45, 2.75) is 32.8 Å². The summed E-state index contributed by atoms with van der Waals surface area (Å²) >= 11 is 2.91. The Morgan fingerprint density at radius 1 is 1.83 bits per heavy atom. The summed E-state index contributed by atoms with van der Waals surface area (Å²) < 4.78 is 91.0. The number of rotatable bonds is 2. The van der Waals surface area contributed by atoms with Gasteiger partial charge in [0, 0.05) is 33.3 Å². The van der Waals surface area contributed by atoms with Crippen LogP contribution in [0.4, 0.5) is 0 Å². The van der Waals surface area contributed by atoms with E-state index in [1.165, 1.54) is 0 Å². The number of pyridine rings is 1. The lowest BCUT2D eigenvalue weighted by Crippen LogP contribution is -1.96. The van der Waals surface area contributed by atoms with Crippen LogP contribution in [0.25, 0.3) is 0 Å². The summed E-state index contributed by atoms with van der Waals surface area (Å²) in [4.78, 5) is 3.62. The molecule has 1 aromatic heterocycles. The van der Waals surface area contributed by atoms with E-state index in [0.717, 1.165) is 12.4 Å². The molecule has 0 aromatic carbocycles. The minimum Gasteiger partial charge on any atom is -0.263 e. The SMILES string of the molecule is [2H]C([2H])([2H])c1c(Br)cncc1C([2H])(C([2H])([2H])[2H])C([2H])([2H])C([2H])([2H])[2H]. The summed E-state index contributed by atoms with van der Waals surface area (Å²) in [5.74, 6) is -3.38. The van der Waals surface area contributed by atoms with Crippen molar-refractivity contribution >= 4 is 15.9 Å². The van der Waals surface area contributed by atoms with Crippen molar-refractivity contribution in [3.05, 3.63) is 28.0 Å². The van der Waals surface area contributed by atoms with E-state index in [2.05, 4.69) is 20.9 Å². The van der Waals surface area contributed by atoms with E-state index in [-0.39, 0.29) is 4.47 Å². The second-order valence-corrected chi connectivity index (χ2v) is 2.90. The Bertz CT molecular complexity index is 616. The van der Waals surface area contributed by atoms with Gasteiger partial charge in [0.2, 0.25) is 0 Å². The highest BCUT2D eigenvalue weighted by atomic mass is 79.9. The number of hydrogen-bond donors (Lipinski definition) is 0. The minimum absolute atomic E-state index is 0.165. The van der Waals surface area contributed by atoms with Crippen molar-refractivity contribution in [2.24, 2.45) is 0 Å². The Morgan fingerprint density at radius 3 is 3.42 bits per heavy atom. The summed E-state index contributed by atoms with van der Waals surface area (Å²) in [6.07, 6.45) is -1.81. The maximum Gasteiger partial charge on any atom is 0.0413 e. The van der Waals surface area contributed by atoms with E-state index < -0.39 is 43.9 Å². The summed E-state index contributed by atoms with van der Waals surface area (Å²) in [5.41, 5.74) is -1.48. The molecule has 0 saturated carbocycles. The first-order valence-corrected chi connectivity index (χ1v) is 3.83. The van der Waals surface area contributed by atoms with Gasteiger partial charge in [0.15, 0.2) is 0 Å². The summed E-state index contributed by atoms with van der Waals surface area (Å²) in [6, 6.07) is 0. The van der Waals surface area contributed by atoms with Crippen LogP contribution in [0.3, 0.4) is 0 Å². The van der Waals surface area contributed by atoms with E-state index in [4.69, 9.17) is 16.4 Å². The predicted octanol–water partition coefficient (Wildman–Crippen LogP) is 3.67. The highest BCUT2D eigenvalue weighted by molar-refractivity contribution is 9.10. The maximum absolute atomic E-state index is 8.28. The maximum atomic E-state index is 8.28. The molecule has 1 unspecified atom stereocenters. The third kappa shape index (κ3) is 1.86. The molecule has 1 heterocycles. The molecule has 0 aliphatic carbocycles. The fraction of sp³-hybridized carbons (Fsp3) is 0.500. The third-order valence-corrected chi connectivity index (χ3v) is 1.90. The van der Waals surface area contributed by atoms with Crippen molar-refractivity contribution in [2.75, 3.05) is 0 Å². The largest absolute Gasteiger partial charge is 0.263 e. The van der Waals surface area contributed by atoms with Gasteiger partial charge in [-0.1, -0.05) is 13.7 Å². The highest BCUT2D eigenvalue weighted by Gasteiger charge is 2.08. The molecule has 0 aliphatic rings. The number of aromatic nitrogens is 1. The topological polar surface area (TPSA) is 12.9 Å². The lowest BCUT2D eigenvalue weighted by atomic mass is 9.97. The molecular formula is C10H14BrN. The van der Waals surface area contributed by atoms with E-state index in [1.807, 2.05) is 0 Å². The molecule has 0 spiro atoms. The second kappa shape index (κ2) is 4.04. The van der Waals surface area contributed by atoms with E-state index in [0.29, 0.717) is 0 Å². The van der Waals surface area contributed by atoms with Crippen LogP contribution >= 0.6 is 15.9 Å². The quantitative estimate of drug-likeness (QED) is 0.768. The van der Waals surface area contributed by atoms with Gasteiger partial charge in [0.1, 0.15) is 0 Å². The Balaban J connectivity index is 3.98. The van der Waals surface area contributed by atoms with Crippen molar-refractivity contribution < 1.29 is 16.4 Å². The second-order valence-electron chi connectivity index (χ2n) is 2.04. The van der Waals surface area contributed by atoms with Crippen LogP contribution in [0.15, 0.2) is 16.9 Å². The zero-order valence-corrected chi connectivity index (χ0v) is 7.57. The van der Waals surface area contributed by atoms with Crippen molar-refractivity contribution in [3.8, 4) is 0 Å². The molecule has 1 nitrogen and oxygen atoms in total. The zero-order chi connectivity index (χ0) is 19.4. The van der Waals surface area contributed by atoms with Gasteiger partial charge in [-0.3, -0.25) is 4.98 Å². The van der Waals surface area contributed by atoms with Crippen molar-refractivity contribution in [1.29, 1.82) is 0 Å². The molecule has 12 heavy (non-hydrogen) atoms. The lowest BCUT2D eigenvalue weighted by Gasteiger charge is -2.12. The Hall–Kier alpha value is -0.370. The predicted molar refractivity (Wildman–Crippen MR) is 55.4 cm³/mol. The number of nitrogens with zero attached hydrogens (tertiary/aromatic N) is 1. The summed E-state index contributed by atoms with van der Waals surface area (Å²) in [6.45, 7) is -9.88. The molecule has 0 aliphatic heterocycles. The molecular weight excluding hydrogens is 214 g/mol. The van der Waals surface area contributed by atoms with Crippen LogP contribution in [0, 0.1) is 6.85 Å². The monoisotopic (exact) mass is 239 g/mol. The molecule has 0 saturated heterocycles. The van der Waals surface area contributed by atoms with Crippen molar-refractivity contribution in [1.82, 2.24) is 4.98 Å². The van der Waals surface area contributed by atoms with Gasteiger partial charge >= 0.3 is 0 Å². The fourth-order valence-electron chi connectivity index (χ4n) is 0.692. The van der Waals surface area contributed by atoms with Crippen LogP contribution in [0.2, 0.25) is 0 Å². The molecule has 2 heteroatoms. The first-order valence-electron chi connectivity index (χ1n) is 9.03. The standard InChI is InChI=1S/C10H14BrN/c1-4-7(2)9-5-12-6-10(11)8(9)3/h5-7H,4H2,1-3H3/i1D3,2D3,3D3,4D2,7D. The molecule has 1 atom stereocenters. The number of halogens is 1. The van der Waals surface area contributed by atoms with Crippen LogP contribution in [0.5, 0.6) is 0 Å². The third-order valence-electron chi connectivity index (χ3n) is 1.29. The molecule has 0 radical (unpaired) electrons. The first kappa shape index (κ1) is 2.35. The smallest absolute Gasteiger partial charge is 0.0413 e. The number of hydrogen-bond acceptors (Lipinski definition) is 1. The molecule has 1 rings (SSSR count). The normalized spacial score (nSPS) is 34.8. The highest BCUT2D eigenvalue weighted by Crippen LogP contribution is 2.25. The Kier molecular flexibility index (Phi) is 0.791. The molecule has 0 N–H and O–H groups in total. The van der Waals surface area contributed by atoms with E-state index in [1.54, 1.807) is 0 Å². The Morgan fingerprint density at radius 2 is 2.75 bits per heavy atom. The van der Waals surface area contributed by atoms with Crippen LogP contribution in [-0.4, -0.2) is 4.98 Å². The molecule has 0 amide bonds. The van der Waals surface area contributed by atoms with Gasteiger partial charge in [-0.2, -0.15) is 0 Å². The Labute approximate surface area is 99.2 Å². The van der Waals surface area contributed by atoms with E-state index >= 15 is 0 Å². The van der Waals surface area contributed by atoms with Crippen LogP contribution in [-0.2, 0) is 0 Å². The molecule has 0 fully saturated rings. The van der Waals surface area contributed by atoms with Crippen LogP contribution < -0.4 is 0 Å². The summed E-state index contributed by atoms with van der Waals surface area (Å²) in [5, 5.41) is 0. The average Bonchev–Trinajstić information content (AvgIpc) is 2.32. The molecule has 1 aromatic rings. The van der Waals surface area contributed by atoms with E-state index in [9.17, 15) is 0 Å². The van der Waals surface area contributed by atoms with Gasteiger partial charge in [-0.05, 0) is 46.2 Å². The van der Waals surface area contributed by atoms with Gasteiger partial charge in [0.05, 0.1) is 0 Å². The van der Waals surface area contributed by atoms with Gasteiger partial charge in [-0.25, -0.2) is 0 Å². The summed E-state index contributed by atoms with van der Waals surface area (Å²) in [7, 11) is 0. The molecule has 66 valence electrons.